The van der Waals surface area contributed by atoms with Crippen molar-refractivity contribution in [2.45, 2.75) is 23.1 Å². The van der Waals surface area contributed by atoms with Gasteiger partial charge in [-0.3, -0.25) is 14.3 Å². The second-order valence-electron chi connectivity index (χ2n) is 5.19. The van der Waals surface area contributed by atoms with Crippen LogP contribution in [0.1, 0.15) is 11.8 Å². The number of rotatable bonds is 3. The number of nitrogens with one attached hydrogen (secondary N) is 1. The van der Waals surface area contributed by atoms with E-state index in [1.807, 2.05) is 18.2 Å². The van der Waals surface area contributed by atoms with Crippen molar-refractivity contribution < 1.29 is 10.2 Å². The van der Waals surface area contributed by atoms with Crippen molar-refractivity contribution in [2.24, 2.45) is 0 Å². The predicted molar refractivity (Wildman–Crippen MR) is 84.9 cm³/mol. The highest BCUT2D eigenvalue weighted by Gasteiger charge is 2.34. The SMILES string of the molecule is O=c1[nH]c(=O)n([C@H]2C[C@H](O)[C@@H](CO)S2)cc1-c1ccccc1. The number of thioether (sulfide) groups is 1. The summed E-state index contributed by atoms with van der Waals surface area (Å²) in [5.74, 6) is 0. The number of hydrogen-bond donors (Lipinski definition) is 3. The van der Waals surface area contributed by atoms with Crippen LogP contribution in [-0.2, 0) is 0 Å². The van der Waals surface area contributed by atoms with Crippen LogP contribution in [0.25, 0.3) is 11.1 Å². The average Bonchev–Trinajstić information content (AvgIpc) is 2.89. The van der Waals surface area contributed by atoms with Crippen LogP contribution in [0, 0.1) is 0 Å². The summed E-state index contributed by atoms with van der Waals surface area (Å²) in [7, 11) is 0. The van der Waals surface area contributed by atoms with Gasteiger partial charge in [-0.05, 0) is 5.56 Å². The minimum absolute atomic E-state index is 0.147. The standard InChI is InChI=1S/C15H16N2O4S/c18-8-12-11(19)6-13(22-12)17-7-10(14(20)16-15(17)21)9-4-2-1-3-5-9/h1-5,7,11-13,18-19H,6,8H2,(H,16,20,21)/t11-,12+,13+/m0/s1. The Hall–Kier alpha value is -1.83. The third-order valence-corrected chi connectivity index (χ3v) is 5.29. The van der Waals surface area contributed by atoms with E-state index in [4.69, 9.17) is 0 Å². The summed E-state index contributed by atoms with van der Waals surface area (Å²) in [5, 5.41) is 18.5. The van der Waals surface area contributed by atoms with Crippen LogP contribution >= 0.6 is 11.8 Å². The van der Waals surface area contributed by atoms with E-state index >= 15 is 0 Å². The van der Waals surface area contributed by atoms with Gasteiger partial charge in [0.1, 0.15) is 0 Å². The van der Waals surface area contributed by atoms with Crippen LogP contribution < -0.4 is 11.2 Å². The van der Waals surface area contributed by atoms with E-state index in [0.29, 0.717) is 12.0 Å². The Morgan fingerprint density at radius 3 is 2.64 bits per heavy atom. The fraction of sp³-hybridized carbons (Fsp3) is 0.333. The third kappa shape index (κ3) is 2.75. The lowest BCUT2D eigenvalue weighted by Crippen LogP contribution is -2.31. The highest BCUT2D eigenvalue weighted by Crippen LogP contribution is 2.40. The second kappa shape index (κ2) is 6.12. The zero-order valence-electron chi connectivity index (χ0n) is 11.7. The average molecular weight is 320 g/mol. The van der Waals surface area contributed by atoms with E-state index in [1.165, 1.54) is 22.5 Å². The number of nitrogens with zero attached hydrogens (tertiary/aromatic N) is 1. The number of H-pyrrole nitrogens is 1. The molecule has 3 N–H and O–H groups in total. The van der Waals surface area contributed by atoms with Gasteiger partial charge in [0, 0.05) is 12.6 Å². The van der Waals surface area contributed by atoms with Crippen molar-refractivity contribution >= 4 is 11.8 Å². The molecule has 0 unspecified atom stereocenters. The Kier molecular flexibility index (Phi) is 4.19. The first-order valence-corrected chi connectivity index (χ1v) is 7.89. The van der Waals surface area contributed by atoms with Gasteiger partial charge in [-0.1, -0.05) is 30.3 Å². The quantitative estimate of drug-likeness (QED) is 0.768. The molecule has 0 bridgehead atoms. The maximum absolute atomic E-state index is 12.1. The number of aliphatic hydroxyl groups excluding tert-OH is 2. The first-order chi connectivity index (χ1) is 10.6. The third-order valence-electron chi connectivity index (χ3n) is 3.75. The van der Waals surface area contributed by atoms with Crippen molar-refractivity contribution in [1.29, 1.82) is 0 Å². The highest BCUT2D eigenvalue weighted by atomic mass is 32.2. The van der Waals surface area contributed by atoms with Crippen molar-refractivity contribution in [2.75, 3.05) is 6.61 Å². The number of hydrogen-bond acceptors (Lipinski definition) is 5. The first-order valence-electron chi connectivity index (χ1n) is 6.95. The van der Waals surface area contributed by atoms with Crippen LogP contribution in [0.2, 0.25) is 0 Å². The summed E-state index contributed by atoms with van der Waals surface area (Å²) < 4.78 is 1.42. The molecule has 3 atom stereocenters. The van der Waals surface area contributed by atoms with Gasteiger partial charge in [-0.2, -0.15) is 0 Å². The molecule has 22 heavy (non-hydrogen) atoms. The number of benzene rings is 1. The molecule has 116 valence electrons. The molecule has 3 rings (SSSR count). The molecule has 0 saturated carbocycles. The molecule has 0 aliphatic carbocycles. The molecule has 0 radical (unpaired) electrons. The van der Waals surface area contributed by atoms with Crippen molar-refractivity contribution in [3.8, 4) is 11.1 Å². The molecule has 1 aromatic heterocycles. The van der Waals surface area contributed by atoms with Crippen molar-refractivity contribution in [3.63, 3.8) is 0 Å². The van der Waals surface area contributed by atoms with Gasteiger partial charge in [0.05, 0.1) is 28.9 Å². The molecule has 0 spiro atoms. The maximum atomic E-state index is 12.1. The molecule has 0 amide bonds. The zero-order chi connectivity index (χ0) is 15.7. The normalized spacial score (nSPS) is 24.5. The first kappa shape index (κ1) is 15.1. The topological polar surface area (TPSA) is 95.3 Å². The Morgan fingerprint density at radius 1 is 1.27 bits per heavy atom. The van der Waals surface area contributed by atoms with E-state index in [9.17, 15) is 19.8 Å². The highest BCUT2D eigenvalue weighted by molar-refractivity contribution is 8.00. The molecule has 2 aromatic rings. The molecule has 1 aliphatic heterocycles. The van der Waals surface area contributed by atoms with Crippen LogP contribution in [-0.4, -0.2) is 37.7 Å². The van der Waals surface area contributed by atoms with E-state index in [1.54, 1.807) is 12.1 Å². The lowest BCUT2D eigenvalue weighted by molar-refractivity contribution is 0.137. The number of aromatic nitrogens is 2. The Balaban J connectivity index is 2.03. The molecular formula is C15H16N2O4S. The summed E-state index contributed by atoms with van der Waals surface area (Å²) in [6.07, 6.45) is 1.22. The Labute approximate surface area is 130 Å². The van der Waals surface area contributed by atoms with Gasteiger partial charge in [0.15, 0.2) is 0 Å². The van der Waals surface area contributed by atoms with Crippen LogP contribution in [0.5, 0.6) is 0 Å². The van der Waals surface area contributed by atoms with Crippen molar-refractivity contribution in [3.05, 3.63) is 57.4 Å². The van der Waals surface area contributed by atoms with Crippen LogP contribution in [0.4, 0.5) is 0 Å². The maximum Gasteiger partial charge on any atom is 0.329 e. The van der Waals surface area contributed by atoms with Crippen LogP contribution in [0.3, 0.4) is 0 Å². The van der Waals surface area contributed by atoms with E-state index in [-0.39, 0.29) is 17.2 Å². The Morgan fingerprint density at radius 2 is 2.00 bits per heavy atom. The molecule has 7 heteroatoms. The summed E-state index contributed by atoms with van der Waals surface area (Å²) in [5.41, 5.74) is 0.185. The largest absolute Gasteiger partial charge is 0.395 e. The predicted octanol–water partition coefficient (Wildman–Crippen LogP) is 0.561. The number of aliphatic hydroxyl groups is 2. The molecule has 1 fully saturated rings. The van der Waals surface area contributed by atoms with Gasteiger partial charge < -0.3 is 10.2 Å². The molecule has 1 saturated heterocycles. The van der Waals surface area contributed by atoms with Crippen LogP contribution in [0.15, 0.2) is 46.1 Å². The summed E-state index contributed by atoms with van der Waals surface area (Å²) >= 11 is 1.34. The minimum Gasteiger partial charge on any atom is -0.395 e. The van der Waals surface area contributed by atoms with E-state index in [0.717, 1.165) is 5.56 Å². The van der Waals surface area contributed by atoms with Gasteiger partial charge in [0.25, 0.3) is 5.56 Å². The summed E-state index contributed by atoms with van der Waals surface area (Å²) in [6.45, 7) is -0.147. The van der Waals surface area contributed by atoms with Crippen molar-refractivity contribution in [1.82, 2.24) is 9.55 Å². The fourth-order valence-electron chi connectivity index (χ4n) is 2.57. The number of aromatic amines is 1. The smallest absolute Gasteiger partial charge is 0.329 e. The monoisotopic (exact) mass is 320 g/mol. The Bertz CT molecular complexity index is 771. The molecule has 2 heterocycles. The summed E-state index contributed by atoms with van der Waals surface area (Å²) in [4.78, 5) is 26.4. The van der Waals surface area contributed by atoms with Gasteiger partial charge in [-0.25, -0.2) is 4.79 Å². The minimum atomic E-state index is -0.668. The fourth-order valence-corrected chi connectivity index (χ4v) is 3.95. The van der Waals surface area contributed by atoms with E-state index < -0.39 is 17.4 Å². The molecule has 6 nitrogen and oxygen atoms in total. The molecule has 1 aliphatic rings. The summed E-state index contributed by atoms with van der Waals surface area (Å²) in [6, 6.07) is 9.09. The molecule has 1 aromatic carbocycles. The van der Waals surface area contributed by atoms with Gasteiger partial charge in [0.2, 0.25) is 0 Å². The van der Waals surface area contributed by atoms with Gasteiger partial charge in [-0.15, -0.1) is 11.8 Å². The zero-order valence-corrected chi connectivity index (χ0v) is 12.5. The van der Waals surface area contributed by atoms with Gasteiger partial charge >= 0.3 is 5.69 Å². The van der Waals surface area contributed by atoms with E-state index in [2.05, 4.69) is 4.98 Å². The molecular weight excluding hydrogens is 304 g/mol. The second-order valence-corrected chi connectivity index (χ2v) is 6.61. The lowest BCUT2D eigenvalue weighted by atomic mass is 10.1. The lowest BCUT2D eigenvalue weighted by Gasteiger charge is -2.14.